The van der Waals surface area contributed by atoms with Gasteiger partial charge in [0.05, 0.1) is 5.52 Å². The van der Waals surface area contributed by atoms with Crippen LogP contribution in [0.4, 0.5) is 0 Å². The van der Waals surface area contributed by atoms with E-state index in [0.717, 1.165) is 15.4 Å². The van der Waals surface area contributed by atoms with Crippen LogP contribution in [-0.4, -0.2) is 22.9 Å². The number of fused-ring (bicyclic) bond motifs is 1. The molecule has 2 rings (SSSR count). The van der Waals surface area contributed by atoms with Gasteiger partial charge in [-0.25, -0.2) is 0 Å². The van der Waals surface area contributed by atoms with Crippen molar-refractivity contribution in [3.05, 3.63) is 39.1 Å². The van der Waals surface area contributed by atoms with Crippen LogP contribution in [0.15, 0.2) is 33.5 Å². The molecule has 0 spiro atoms. The van der Waals surface area contributed by atoms with Crippen molar-refractivity contribution >= 4 is 26.8 Å². The molecule has 0 atom stereocenters. The summed E-state index contributed by atoms with van der Waals surface area (Å²) in [5.41, 5.74) is 0.627. The Labute approximate surface area is 118 Å². The summed E-state index contributed by atoms with van der Waals surface area (Å²) < 4.78 is 7.81. The minimum Gasteiger partial charge on any atom is -0.475 e. The number of halogens is 1. The van der Waals surface area contributed by atoms with E-state index in [0.29, 0.717) is 0 Å². The fraction of sp³-hybridized carbons (Fsp3) is 0.214. The van der Waals surface area contributed by atoms with Crippen molar-refractivity contribution in [3.8, 4) is 17.6 Å². The van der Waals surface area contributed by atoms with E-state index >= 15 is 0 Å². The number of aliphatic hydroxyl groups is 1. The topological polar surface area (TPSA) is 51.5 Å². The second-order valence-corrected chi connectivity index (χ2v) is 4.79. The van der Waals surface area contributed by atoms with Crippen molar-refractivity contribution in [2.75, 3.05) is 13.2 Å². The maximum atomic E-state index is 12.1. The van der Waals surface area contributed by atoms with Gasteiger partial charge in [-0.05, 0) is 24.3 Å². The van der Waals surface area contributed by atoms with E-state index in [2.05, 4.69) is 27.8 Å². The monoisotopic (exact) mass is 321 g/mol. The molecule has 98 valence electrons. The zero-order valence-electron chi connectivity index (χ0n) is 10.3. The fourth-order valence-corrected chi connectivity index (χ4v) is 2.13. The predicted octanol–water partition coefficient (Wildman–Crippen LogP) is 1.68. The lowest BCUT2D eigenvalue weighted by Crippen LogP contribution is -2.19. The number of hydrogen-bond acceptors (Lipinski definition) is 3. The Morgan fingerprint density at radius 3 is 2.89 bits per heavy atom. The zero-order valence-corrected chi connectivity index (χ0v) is 11.9. The molecular weight excluding hydrogens is 310 g/mol. The van der Waals surface area contributed by atoms with E-state index in [1.165, 1.54) is 4.57 Å². The second kappa shape index (κ2) is 5.91. The van der Waals surface area contributed by atoms with E-state index < -0.39 is 0 Å². The normalized spacial score (nSPS) is 10.1. The molecule has 19 heavy (non-hydrogen) atoms. The minimum atomic E-state index is -0.216. The first-order valence-corrected chi connectivity index (χ1v) is 6.41. The minimum absolute atomic E-state index is 0.0787. The lowest BCUT2D eigenvalue weighted by Gasteiger charge is -2.09. The van der Waals surface area contributed by atoms with Crippen molar-refractivity contribution in [3.63, 3.8) is 0 Å². The predicted molar refractivity (Wildman–Crippen MR) is 77.2 cm³/mol. The van der Waals surface area contributed by atoms with Crippen LogP contribution in [0.25, 0.3) is 10.9 Å². The largest absolute Gasteiger partial charge is 0.475 e. The average molecular weight is 322 g/mol. The van der Waals surface area contributed by atoms with Gasteiger partial charge in [-0.15, -0.1) is 0 Å². The SMILES string of the molecule is Cn1c(=O)c(OCC#CCO)cc2cc(Br)ccc21. The number of benzene rings is 1. The molecule has 1 aromatic heterocycles. The summed E-state index contributed by atoms with van der Waals surface area (Å²) >= 11 is 3.39. The van der Waals surface area contributed by atoms with Gasteiger partial charge >= 0.3 is 0 Å². The summed E-state index contributed by atoms with van der Waals surface area (Å²) in [6.45, 7) is -0.138. The maximum Gasteiger partial charge on any atom is 0.293 e. The summed E-state index contributed by atoms with van der Waals surface area (Å²) in [5.74, 6) is 5.32. The third-order valence-electron chi connectivity index (χ3n) is 2.66. The summed E-state index contributed by atoms with van der Waals surface area (Å²) in [4.78, 5) is 12.1. The number of aromatic nitrogens is 1. The Hall–Kier alpha value is -1.77. The first-order chi connectivity index (χ1) is 9.13. The number of hydrogen-bond donors (Lipinski definition) is 1. The van der Waals surface area contributed by atoms with Gasteiger partial charge in [0, 0.05) is 16.9 Å². The van der Waals surface area contributed by atoms with Gasteiger partial charge in [-0.1, -0.05) is 27.8 Å². The van der Waals surface area contributed by atoms with Gasteiger partial charge in [0.2, 0.25) is 0 Å². The highest BCUT2D eigenvalue weighted by atomic mass is 79.9. The molecule has 4 nitrogen and oxygen atoms in total. The van der Waals surface area contributed by atoms with Crippen LogP contribution in [-0.2, 0) is 7.05 Å². The molecule has 0 radical (unpaired) electrons. The van der Waals surface area contributed by atoms with Crippen molar-refractivity contribution in [1.82, 2.24) is 4.57 Å². The molecule has 1 heterocycles. The van der Waals surface area contributed by atoms with Gasteiger partial charge < -0.3 is 14.4 Å². The Kier molecular flexibility index (Phi) is 4.25. The number of ether oxygens (including phenoxy) is 1. The van der Waals surface area contributed by atoms with Crippen molar-refractivity contribution in [2.45, 2.75) is 0 Å². The molecule has 0 saturated heterocycles. The van der Waals surface area contributed by atoms with Crippen LogP contribution in [0.5, 0.6) is 5.75 Å². The highest BCUT2D eigenvalue weighted by Gasteiger charge is 2.07. The number of rotatable bonds is 2. The van der Waals surface area contributed by atoms with Gasteiger partial charge in [0.1, 0.15) is 13.2 Å². The molecule has 0 aliphatic rings. The molecule has 0 bridgehead atoms. The summed E-state index contributed by atoms with van der Waals surface area (Å²) in [5, 5.41) is 9.44. The van der Waals surface area contributed by atoms with Crippen molar-refractivity contribution < 1.29 is 9.84 Å². The number of nitrogens with zero attached hydrogens (tertiary/aromatic N) is 1. The molecule has 0 aliphatic carbocycles. The molecule has 1 aromatic carbocycles. The third-order valence-corrected chi connectivity index (χ3v) is 3.15. The van der Waals surface area contributed by atoms with Gasteiger partial charge in [0.15, 0.2) is 5.75 Å². The molecule has 0 amide bonds. The molecule has 0 unspecified atom stereocenters. The molecule has 1 N–H and O–H groups in total. The number of aryl methyl sites for hydroxylation is 1. The number of pyridine rings is 1. The summed E-state index contributed by atoms with van der Waals surface area (Å²) in [6.07, 6.45) is 0. The molecule has 5 heteroatoms. The third kappa shape index (κ3) is 2.98. The van der Waals surface area contributed by atoms with Crippen molar-refractivity contribution in [1.29, 1.82) is 0 Å². The van der Waals surface area contributed by atoms with Crippen LogP contribution < -0.4 is 10.3 Å². The van der Waals surface area contributed by atoms with Gasteiger partial charge in [-0.2, -0.15) is 0 Å². The van der Waals surface area contributed by atoms with Crippen LogP contribution >= 0.6 is 15.9 Å². The smallest absolute Gasteiger partial charge is 0.293 e. The van der Waals surface area contributed by atoms with Crippen LogP contribution in [0, 0.1) is 11.8 Å². The molecular formula is C14H12BrNO3. The van der Waals surface area contributed by atoms with E-state index in [-0.39, 0.29) is 24.5 Å². The first kappa shape index (κ1) is 13.7. The quantitative estimate of drug-likeness (QED) is 0.856. The lowest BCUT2D eigenvalue weighted by atomic mass is 10.2. The molecule has 0 aliphatic heterocycles. The maximum absolute atomic E-state index is 12.1. The summed E-state index contributed by atoms with van der Waals surface area (Å²) in [7, 11) is 1.70. The Morgan fingerprint density at radius 1 is 1.37 bits per heavy atom. The van der Waals surface area contributed by atoms with E-state index in [1.54, 1.807) is 13.1 Å². The molecule has 2 aromatic rings. The highest BCUT2D eigenvalue weighted by Crippen LogP contribution is 2.21. The fourth-order valence-electron chi connectivity index (χ4n) is 1.75. The Bertz CT molecular complexity index is 725. The Balaban J connectivity index is 2.44. The van der Waals surface area contributed by atoms with E-state index in [4.69, 9.17) is 9.84 Å². The van der Waals surface area contributed by atoms with Gasteiger partial charge in [-0.3, -0.25) is 4.79 Å². The first-order valence-electron chi connectivity index (χ1n) is 5.62. The van der Waals surface area contributed by atoms with Crippen LogP contribution in [0.3, 0.4) is 0 Å². The standard InChI is InChI=1S/C14H12BrNO3/c1-16-12-5-4-11(15)8-10(12)9-13(14(16)18)19-7-3-2-6-17/h4-5,8-9,17H,6-7H2,1H3. The average Bonchev–Trinajstić information content (AvgIpc) is 2.40. The zero-order chi connectivity index (χ0) is 13.8. The molecule has 0 fully saturated rings. The number of aliphatic hydroxyl groups excluding tert-OH is 1. The van der Waals surface area contributed by atoms with Crippen molar-refractivity contribution in [2.24, 2.45) is 7.05 Å². The van der Waals surface area contributed by atoms with Crippen LogP contribution in [0.2, 0.25) is 0 Å². The molecule has 0 saturated carbocycles. The van der Waals surface area contributed by atoms with Gasteiger partial charge in [0.25, 0.3) is 5.56 Å². The van der Waals surface area contributed by atoms with Crippen LogP contribution in [0.1, 0.15) is 0 Å². The lowest BCUT2D eigenvalue weighted by molar-refractivity contribution is 0.346. The second-order valence-electron chi connectivity index (χ2n) is 3.88. The van der Waals surface area contributed by atoms with E-state index in [1.807, 2.05) is 18.2 Å². The van der Waals surface area contributed by atoms with E-state index in [9.17, 15) is 4.79 Å². The highest BCUT2D eigenvalue weighted by molar-refractivity contribution is 9.10. The summed E-state index contributed by atoms with van der Waals surface area (Å²) in [6, 6.07) is 7.37. The Morgan fingerprint density at radius 2 is 2.16 bits per heavy atom.